The predicted molar refractivity (Wildman–Crippen MR) is 88.5 cm³/mol. The minimum atomic E-state index is -0.0468. The molecule has 5 rings (SSSR count). The van der Waals surface area contributed by atoms with E-state index in [-0.39, 0.29) is 18.4 Å². The summed E-state index contributed by atoms with van der Waals surface area (Å²) in [4.78, 5) is 29.1. The minimum Gasteiger partial charge on any atom is -0.338 e. The fraction of sp³-hybridized carbons (Fsp3) is 0.368. The van der Waals surface area contributed by atoms with E-state index >= 15 is 0 Å². The molecule has 0 radical (unpaired) electrons. The molecule has 2 aromatic rings. The summed E-state index contributed by atoms with van der Waals surface area (Å²) in [7, 11) is 0. The van der Waals surface area contributed by atoms with Gasteiger partial charge in [0.1, 0.15) is 6.54 Å². The molecule has 2 bridgehead atoms. The number of benzene rings is 2. The van der Waals surface area contributed by atoms with E-state index in [4.69, 9.17) is 0 Å². The molecule has 23 heavy (non-hydrogen) atoms. The SMILES string of the molecule is O=C1c2cccc3cccc(c23)N1CC(=O)N1CC2CCC1C2. The molecule has 2 amide bonds. The molecule has 116 valence electrons. The van der Waals surface area contributed by atoms with Crippen LogP contribution >= 0.6 is 0 Å². The summed E-state index contributed by atoms with van der Waals surface area (Å²) in [6.07, 6.45) is 3.53. The molecule has 0 aromatic heterocycles. The average Bonchev–Trinajstić information content (AvgIpc) is 3.26. The van der Waals surface area contributed by atoms with Gasteiger partial charge in [0.2, 0.25) is 5.91 Å². The van der Waals surface area contributed by atoms with Gasteiger partial charge < -0.3 is 4.90 Å². The number of fused-ring (bicyclic) bond motifs is 2. The van der Waals surface area contributed by atoms with Crippen molar-refractivity contribution < 1.29 is 9.59 Å². The van der Waals surface area contributed by atoms with Crippen molar-refractivity contribution in [1.29, 1.82) is 0 Å². The second-order valence-electron chi connectivity index (χ2n) is 6.95. The van der Waals surface area contributed by atoms with E-state index in [1.165, 1.54) is 6.42 Å². The Balaban J connectivity index is 1.47. The van der Waals surface area contributed by atoms with Crippen LogP contribution in [0.2, 0.25) is 0 Å². The number of hydrogen-bond donors (Lipinski definition) is 0. The highest BCUT2D eigenvalue weighted by atomic mass is 16.2. The van der Waals surface area contributed by atoms with Gasteiger partial charge in [-0.3, -0.25) is 14.5 Å². The number of carbonyl (C=O) groups is 2. The lowest BCUT2D eigenvalue weighted by Gasteiger charge is -2.29. The van der Waals surface area contributed by atoms with Crippen molar-refractivity contribution in [3.63, 3.8) is 0 Å². The fourth-order valence-electron chi connectivity index (χ4n) is 4.59. The second kappa shape index (κ2) is 4.57. The highest BCUT2D eigenvalue weighted by Gasteiger charge is 2.41. The van der Waals surface area contributed by atoms with Gasteiger partial charge in [0, 0.05) is 23.5 Å². The zero-order chi connectivity index (χ0) is 15.6. The Morgan fingerprint density at radius 3 is 2.70 bits per heavy atom. The van der Waals surface area contributed by atoms with Crippen LogP contribution in [0.1, 0.15) is 29.6 Å². The molecular formula is C19H18N2O2. The first-order valence-corrected chi connectivity index (χ1v) is 8.35. The van der Waals surface area contributed by atoms with Crippen LogP contribution in [0.15, 0.2) is 36.4 Å². The molecule has 0 N–H and O–H groups in total. The van der Waals surface area contributed by atoms with E-state index < -0.39 is 0 Å². The van der Waals surface area contributed by atoms with Gasteiger partial charge in [0.25, 0.3) is 5.91 Å². The van der Waals surface area contributed by atoms with Crippen molar-refractivity contribution in [2.75, 3.05) is 18.0 Å². The molecule has 4 nitrogen and oxygen atoms in total. The normalized spacial score (nSPS) is 25.0. The van der Waals surface area contributed by atoms with Crippen molar-refractivity contribution in [3.8, 4) is 0 Å². The Hall–Kier alpha value is -2.36. The molecule has 2 fully saturated rings. The van der Waals surface area contributed by atoms with Gasteiger partial charge in [-0.2, -0.15) is 0 Å². The summed E-state index contributed by atoms with van der Waals surface area (Å²) < 4.78 is 0. The maximum atomic E-state index is 12.7. The molecule has 1 saturated carbocycles. The summed E-state index contributed by atoms with van der Waals surface area (Å²) in [5.74, 6) is 0.726. The molecular weight excluding hydrogens is 288 g/mol. The highest BCUT2D eigenvalue weighted by molar-refractivity contribution is 6.26. The van der Waals surface area contributed by atoms with E-state index in [0.717, 1.165) is 35.8 Å². The molecule has 2 aliphatic heterocycles. The minimum absolute atomic E-state index is 0.0468. The third-order valence-electron chi connectivity index (χ3n) is 5.67. The molecule has 2 unspecified atom stereocenters. The molecule has 4 heteroatoms. The second-order valence-corrected chi connectivity index (χ2v) is 6.95. The summed E-state index contributed by atoms with van der Waals surface area (Å²) in [6, 6.07) is 12.1. The van der Waals surface area contributed by atoms with Crippen molar-refractivity contribution in [2.45, 2.75) is 25.3 Å². The number of anilines is 1. The first-order valence-electron chi connectivity index (χ1n) is 8.35. The molecule has 1 saturated heterocycles. The Morgan fingerprint density at radius 2 is 1.96 bits per heavy atom. The van der Waals surface area contributed by atoms with E-state index in [9.17, 15) is 9.59 Å². The quantitative estimate of drug-likeness (QED) is 0.856. The van der Waals surface area contributed by atoms with E-state index in [1.807, 2.05) is 41.3 Å². The van der Waals surface area contributed by atoms with Crippen LogP contribution in [0.4, 0.5) is 5.69 Å². The summed E-state index contributed by atoms with van der Waals surface area (Å²) in [5, 5.41) is 2.04. The molecule has 3 aliphatic rings. The smallest absolute Gasteiger partial charge is 0.259 e. The van der Waals surface area contributed by atoms with Crippen LogP contribution in [-0.4, -0.2) is 35.8 Å². The number of hydrogen-bond acceptors (Lipinski definition) is 2. The molecule has 2 heterocycles. The van der Waals surface area contributed by atoms with Crippen LogP contribution in [0, 0.1) is 5.92 Å². The number of likely N-dealkylation sites (tertiary alicyclic amines) is 1. The Morgan fingerprint density at radius 1 is 1.13 bits per heavy atom. The van der Waals surface area contributed by atoms with Gasteiger partial charge in [-0.25, -0.2) is 0 Å². The monoisotopic (exact) mass is 306 g/mol. The number of rotatable bonds is 2. The number of carbonyl (C=O) groups excluding carboxylic acids is 2. The van der Waals surface area contributed by atoms with Crippen LogP contribution in [0.3, 0.4) is 0 Å². The third-order valence-corrected chi connectivity index (χ3v) is 5.67. The summed E-state index contributed by atoms with van der Waals surface area (Å²) in [6.45, 7) is 1.04. The number of nitrogens with zero attached hydrogens (tertiary/aromatic N) is 2. The predicted octanol–water partition coefficient (Wildman–Crippen LogP) is 2.81. The van der Waals surface area contributed by atoms with Crippen LogP contribution in [0.5, 0.6) is 0 Å². The summed E-state index contributed by atoms with van der Waals surface area (Å²) >= 11 is 0. The summed E-state index contributed by atoms with van der Waals surface area (Å²) in [5.41, 5.74) is 1.59. The van der Waals surface area contributed by atoms with E-state index in [2.05, 4.69) is 0 Å². The van der Waals surface area contributed by atoms with Crippen molar-refractivity contribution in [2.24, 2.45) is 5.92 Å². The fourth-order valence-corrected chi connectivity index (χ4v) is 4.59. The largest absolute Gasteiger partial charge is 0.338 e. The number of amides is 2. The van der Waals surface area contributed by atoms with Gasteiger partial charge in [-0.05, 0) is 42.7 Å². The molecule has 0 spiro atoms. The van der Waals surface area contributed by atoms with Crippen LogP contribution in [-0.2, 0) is 4.79 Å². The van der Waals surface area contributed by atoms with Crippen LogP contribution in [0.25, 0.3) is 10.8 Å². The Bertz CT molecular complexity index is 839. The maximum Gasteiger partial charge on any atom is 0.259 e. The molecule has 1 aliphatic carbocycles. The first-order chi connectivity index (χ1) is 11.2. The Labute approximate surface area is 134 Å². The number of piperidine rings is 1. The lowest BCUT2D eigenvalue weighted by atomic mass is 10.1. The highest BCUT2D eigenvalue weighted by Crippen LogP contribution is 2.39. The van der Waals surface area contributed by atoms with Gasteiger partial charge >= 0.3 is 0 Å². The lowest BCUT2D eigenvalue weighted by Crippen LogP contribution is -2.45. The van der Waals surface area contributed by atoms with Gasteiger partial charge in [-0.1, -0.05) is 24.3 Å². The lowest BCUT2D eigenvalue weighted by molar-refractivity contribution is -0.131. The molecule has 2 atom stereocenters. The van der Waals surface area contributed by atoms with Gasteiger partial charge in [0.05, 0.1) is 5.69 Å². The standard InChI is InChI=1S/C19H18N2O2/c22-17(20-10-12-7-8-14(20)9-12)11-21-16-6-2-4-13-3-1-5-15(18(13)16)19(21)23/h1-6,12,14H,7-11H2. The third kappa shape index (κ3) is 1.78. The maximum absolute atomic E-state index is 12.7. The van der Waals surface area contributed by atoms with Crippen molar-refractivity contribution in [1.82, 2.24) is 4.90 Å². The van der Waals surface area contributed by atoms with E-state index in [0.29, 0.717) is 17.5 Å². The zero-order valence-electron chi connectivity index (χ0n) is 12.9. The van der Waals surface area contributed by atoms with Crippen LogP contribution < -0.4 is 4.90 Å². The van der Waals surface area contributed by atoms with E-state index in [1.54, 1.807) is 4.90 Å². The van der Waals surface area contributed by atoms with Gasteiger partial charge in [-0.15, -0.1) is 0 Å². The topological polar surface area (TPSA) is 40.6 Å². The molecule has 2 aromatic carbocycles. The van der Waals surface area contributed by atoms with Crippen molar-refractivity contribution >= 4 is 28.3 Å². The zero-order valence-corrected chi connectivity index (χ0v) is 12.9. The first kappa shape index (κ1) is 13.1. The Kier molecular flexibility index (Phi) is 2.61. The van der Waals surface area contributed by atoms with Crippen molar-refractivity contribution in [3.05, 3.63) is 42.0 Å². The van der Waals surface area contributed by atoms with Gasteiger partial charge in [0.15, 0.2) is 0 Å². The average molecular weight is 306 g/mol.